The van der Waals surface area contributed by atoms with Crippen LogP contribution in [0, 0.1) is 6.92 Å². The number of para-hydroxylation sites is 1. The summed E-state index contributed by atoms with van der Waals surface area (Å²) >= 11 is 0. The van der Waals surface area contributed by atoms with E-state index in [0.29, 0.717) is 0 Å². The molecule has 144 valence electrons. The molecular formula is C21H28N4O2. The van der Waals surface area contributed by atoms with Crippen molar-refractivity contribution in [2.24, 2.45) is 4.99 Å². The first-order valence-electron chi connectivity index (χ1n) is 9.70. The Hall–Kier alpha value is -2.31. The quantitative estimate of drug-likeness (QED) is 0.664. The molecule has 2 aliphatic rings. The van der Waals surface area contributed by atoms with Crippen molar-refractivity contribution < 1.29 is 9.15 Å². The Morgan fingerprint density at radius 2 is 1.96 bits per heavy atom. The van der Waals surface area contributed by atoms with Crippen molar-refractivity contribution in [2.75, 3.05) is 51.3 Å². The molecule has 2 aromatic rings. The molecule has 1 aromatic carbocycles. The number of benzene rings is 1. The second-order valence-corrected chi connectivity index (χ2v) is 7.07. The van der Waals surface area contributed by atoms with Crippen molar-refractivity contribution in [3.63, 3.8) is 0 Å². The van der Waals surface area contributed by atoms with Crippen molar-refractivity contribution in [1.29, 1.82) is 0 Å². The molecule has 1 fully saturated rings. The number of nitrogens with one attached hydrogen (secondary N) is 1. The third-order valence-corrected chi connectivity index (χ3v) is 5.38. The van der Waals surface area contributed by atoms with E-state index in [1.807, 2.05) is 20.0 Å². The van der Waals surface area contributed by atoms with E-state index in [4.69, 9.17) is 9.15 Å². The number of anilines is 1. The Morgan fingerprint density at radius 1 is 1.15 bits per heavy atom. The fourth-order valence-electron chi connectivity index (χ4n) is 3.97. The normalized spacial score (nSPS) is 19.2. The maximum absolute atomic E-state index is 5.97. The minimum atomic E-state index is 0.164. The van der Waals surface area contributed by atoms with Gasteiger partial charge in [0.25, 0.3) is 0 Å². The van der Waals surface area contributed by atoms with E-state index in [1.54, 1.807) is 0 Å². The van der Waals surface area contributed by atoms with Gasteiger partial charge in [-0.25, -0.2) is 0 Å². The number of aliphatic imine (C=N–C) groups is 1. The summed E-state index contributed by atoms with van der Waals surface area (Å²) in [6, 6.07) is 12.9. The SMILES string of the molecule is CN=C(NCC(c1ccc(C)o1)N1CCOCC1)N1CCc2ccccc21. The zero-order valence-corrected chi connectivity index (χ0v) is 16.1. The number of fused-ring (bicyclic) bond motifs is 1. The van der Waals surface area contributed by atoms with Gasteiger partial charge in [0, 0.05) is 38.9 Å². The summed E-state index contributed by atoms with van der Waals surface area (Å²) in [4.78, 5) is 9.25. The first-order chi connectivity index (χ1) is 13.3. The molecule has 0 spiro atoms. The number of hydrogen-bond acceptors (Lipinski definition) is 4. The maximum atomic E-state index is 5.97. The van der Waals surface area contributed by atoms with Gasteiger partial charge >= 0.3 is 0 Å². The summed E-state index contributed by atoms with van der Waals surface area (Å²) in [5.41, 5.74) is 2.63. The molecule has 1 atom stereocenters. The zero-order chi connectivity index (χ0) is 18.6. The van der Waals surface area contributed by atoms with Crippen molar-refractivity contribution in [3.05, 3.63) is 53.5 Å². The van der Waals surface area contributed by atoms with Gasteiger partial charge in [-0.3, -0.25) is 9.89 Å². The Balaban J connectivity index is 1.49. The Kier molecular flexibility index (Phi) is 5.45. The summed E-state index contributed by atoms with van der Waals surface area (Å²) in [7, 11) is 1.85. The van der Waals surface area contributed by atoms with Crippen LogP contribution >= 0.6 is 0 Å². The standard InChI is InChI=1S/C21H28N4O2/c1-16-7-8-20(27-16)19(24-11-13-26-14-12-24)15-23-21(22-2)25-10-9-17-5-3-4-6-18(17)25/h3-8,19H,9-15H2,1-2H3,(H,22,23). The summed E-state index contributed by atoms with van der Waals surface area (Å²) in [5, 5.41) is 3.59. The van der Waals surface area contributed by atoms with Gasteiger partial charge in [-0.15, -0.1) is 0 Å². The van der Waals surface area contributed by atoms with Crippen LogP contribution in [0.5, 0.6) is 0 Å². The van der Waals surface area contributed by atoms with Crippen molar-refractivity contribution >= 4 is 11.6 Å². The predicted molar refractivity (Wildman–Crippen MR) is 107 cm³/mol. The van der Waals surface area contributed by atoms with E-state index in [-0.39, 0.29) is 6.04 Å². The Bertz CT molecular complexity index is 795. The van der Waals surface area contributed by atoms with E-state index >= 15 is 0 Å². The maximum Gasteiger partial charge on any atom is 0.198 e. The molecule has 6 heteroatoms. The minimum absolute atomic E-state index is 0.164. The van der Waals surface area contributed by atoms with Crippen LogP contribution < -0.4 is 10.2 Å². The molecule has 1 N–H and O–H groups in total. The number of aryl methyl sites for hydroxylation is 1. The van der Waals surface area contributed by atoms with Crippen LogP contribution in [0.4, 0.5) is 5.69 Å². The van der Waals surface area contributed by atoms with Gasteiger partial charge in [-0.05, 0) is 37.1 Å². The van der Waals surface area contributed by atoms with E-state index in [9.17, 15) is 0 Å². The zero-order valence-electron chi connectivity index (χ0n) is 16.1. The highest BCUT2D eigenvalue weighted by molar-refractivity contribution is 5.97. The number of furan rings is 1. The second-order valence-electron chi connectivity index (χ2n) is 7.07. The topological polar surface area (TPSA) is 53.2 Å². The van der Waals surface area contributed by atoms with Gasteiger partial charge in [-0.1, -0.05) is 18.2 Å². The molecular weight excluding hydrogens is 340 g/mol. The summed E-state index contributed by atoms with van der Waals surface area (Å²) in [6.45, 7) is 7.07. The number of morpholine rings is 1. The van der Waals surface area contributed by atoms with Crippen LogP contribution in [-0.2, 0) is 11.2 Å². The molecule has 2 aliphatic heterocycles. The number of hydrogen-bond donors (Lipinski definition) is 1. The molecule has 0 aliphatic carbocycles. The van der Waals surface area contributed by atoms with E-state index in [0.717, 1.165) is 63.3 Å². The molecule has 1 unspecified atom stereocenters. The lowest BCUT2D eigenvalue weighted by molar-refractivity contribution is 0.0125. The van der Waals surface area contributed by atoms with Gasteiger partial charge in [0.05, 0.1) is 19.3 Å². The molecule has 1 saturated heterocycles. The van der Waals surface area contributed by atoms with Gasteiger partial charge < -0.3 is 19.4 Å². The summed E-state index contributed by atoms with van der Waals surface area (Å²) in [6.07, 6.45) is 1.06. The molecule has 3 heterocycles. The smallest absolute Gasteiger partial charge is 0.198 e. The van der Waals surface area contributed by atoms with Crippen molar-refractivity contribution in [3.8, 4) is 0 Å². The van der Waals surface area contributed by atoms with Gasteiger partial charge in [0.2, 0.25) is 0 Å². The second kappa shape index (κ2) is 8.15. The van der Waals surface area contributed by atoms with E-state index in [1.165, 1.54) is 11.3 Å². The fraction of sp³-hybridized carbons (Fsp3) is 0.476. The summed E-state index contributed by atoms with van der Waals surface area (Å²) in [5.74, 6) is 2.86. The van der Waals surface area contributed by atoms with Gasteiger partial charge in [0.1, 0.15) is 11.5 Å². The lowest BCUT2D eigenvalue weighted by Gasteiger charge is -2.34. The average Bonchev–Trinajstić information content (AvgIpc) is 3.33. The molecule has 27 heavy (non-hydrogen) atoms. The van der Waals surface area contributed by atoms with E-state index in [2.05, 4.69) is 50.4 Å². The van der Waals surface area contributed by atoms with Crippen LogP contribution in [0.3, 0.4) is 0 Å². The number of nitrogens with zero attached hydrogens (tertiary/aromatic N) is 3. The third-order valence-electron chi connectivity index (χ3n) is 5.38. The minimum Gasteiger partial charge on any atom is -0.465 e. The van der Waals surface area contributed by atoms with Crippen LogP contribution in [-0.4, -0.2) is 57.3 Å². The highest BCUT2D eigenvalue weighted by Gasteiger charge is 2.27. The lowest BCUT2D eigenvalue weighted by atomic mass is 10.1. The Morgan fingerprint density at radius 3 is 2.70 bits per heavy atom. The molecule has 1 aromatic heterocycles. The van der Waals surface area contributed by atoms with Crippen LogP contribution in [0.2, 0.25) is 0 Å². The average molecular weight is 368 g/mol. The molecule has 0 radical (unpaired) electrons. The molecule has 0 amide bonds. The number of rotatable bonds is 4. The largest absolute Gasteiger partial charge is 0.465 e. The molecule has 4 rings (SSSR count). The number of ether oxygens (including phenoxy) is 1. The van der Waals surface area contributed by atoms with Crippen LogP contribution in [0.1, 0.15) is 23.1 Å². The number of guanidine groups is 1. The Labute approximate surface area is 160 Å². The van der Waals surface area contributed by atoms with Crippen molar-refractivity contribution in [2.45, 2.75) is 19.4 Å². The lowest BCUT2D eigenvalue weighted by Crippen LogP contribution is -2.47. The monoisotopic (exact) mass is 368 g/mol. The predicted octanol–water partition coefficient (Wildman–Crippen LogP) is 2.60. The van der Waals surface area contributed by atoms with Gasteiger partial charge in [0.15, 0.2) is 5.96 Å². The summed E-state index contributed by atoms with van der Waals surface area (Å²) < 4.78 is 11.5. The highest BCUT2D eigenvalue weighted by Crippen LogP contribution is 2.28. The van der Waals surface area contributed by atoms with Crippen molar-refractivity contribution in [1.82, 2.24) is 10.2 Å². The van der Waals surface area contributed by atoms with Crippen LogP contribution in [0.15, 0.2) is 45.8 Å². The molecule has 0 bridgehead atoms. The van der Waals surface area contributed by atoms with Gasteiger partial charge in [-0.2, -0.15) is 0 Å². The van der Waals surface area contributed by atoms with E-state index < -0.39 is 0 Å². The van der Waals surface area contributed by atoms with Crippen LogP contribution in [0.25, 0.3) is 0 Å². The fourth-order valence-corrected chi connectivity index (χ4v) is 3.97. The molecule has 6 nitrogen and oxygen atoms in total. The first-order valence-corrected chi connectivity index (χ1v) is 9.70. The molecule has 0 saturated carbocycles. The first kappa shape index (κ1) is 18.1. The third kappa shape index (κ3) is 3.87. The highest BCUT2D eigenvalue weighted by atomic mass is 16.5.